The SMILES string of the molecule is CCCNC(=O)c1ccccc1.Cl. The van der Waals surface area contributed by atoms with E-state index in [4.69, 9.17) is 0 Å². The first-order chi connectivity index (χ1) is 5.84. The van der Waals surface area contributed by atoms with E-state index in [1.807, 2.05) is 37.3 Å². The van der Waals surface area contributed by atoms with Crippen molar-refractivity contribution in [2.75, 3.05) is 6.54 Å². The molecular formula is C10H14ClNO. The van der Waals surface area contributed by atoms with Gasteiger partial charge < -0.3 is 5.32 Å². The lowest BCUT2D eigenvalue weighted by molar-refractivity contribution is 0.0953. The number of amides is 1. The van der Waals surface area contributed by atoms with Crippen molar-refractivity contribution in [2.24, 2.45) is 0 Å². The highest BCUT2D eigenvalue weighted by atomic mass is 35.5. The number of carbonyl (C=O) groups excluding carboxylic acids is 1. The van der Waals surface area contributed by atoms with Gasteiger partial charge in [0.25, 0.3) is 5.91 Å². The topological polar surface area (TPSA) is 29.1 Å². The summed E-state index contributed by atoms with van der Waals surface area (Å²) in [4.78, 5) is 11.3. The molecule has 13 heavy (non-hydrogen) atoms. The highest BCUT2D eigenvalue weighted by molar-refractivity contribution is 5.94. The van der Waals surface area contributed by atoms with Crippen LogP contribution in [0.15, 0.2) is 30.3 Å². The van der Waals surface area contributed by atoms with E-state index in [2.05, 4.69) is 5.32 Å². The van der Waals surface area contributed by atoms with Gasteiger partial charge in [-0.1, -0.05) is 25.1 Å². The maximum atomic E-state index is 11.3. The molecule has 0 saturated carbocycles. The molecule has 1 rings (SSSR count). The van der Waals surface area contributed by atoms with Crippen molar-refractivity contribution in [1.82, 2.24) is 5.32 Å². The summed E-state index contributed by atoms with van der Waals surface area (Å²) in [5.74, 6) is 0.0115. The Balaban J connectivity index is 0.00000144. The number of carbonyl (C=O) groups is 1. The fourth-order valence-corrected chi connectivity index (χ4v) is 0.930. The Kier molecular flexibility index (Phi) is 5.98. The molecule has 0 heterocycles. The number of halogens is 1. The van der Waals surface area contributed by atoms with E-state index in [1.54, 1.807) is 0 Å². The van der Waals surface area contributed by atoms with Crippen molar-refractivity contribution in [3.8, 4) is 0 Å². The van der Waals surface area contributed by atoms with E-state index in [0.717, 1.165) is 18.5 Å². The van der Waals surface area contributed by atoms with E-state index in [1.165, 1.54) is 0 Å². The van der Waals surface area contributed by atoms with Gasteiger partial charge in [0.05, 0.1) is 0 Å². The number of benzene rings is 1. The third kappa shape index (κ3) is 3.95. The second-order valence-corrected chi connectivity index (χ2v) is 2.62. The van der Waals surface area contributed by atoms with Gasteiger partial charge in [-0.2, -0.15) is 0 Å². The van der Waals surface area contributed by atoms with E-state index in [0.29, 0.717) is 0 Å². The van der Waals surface area contributed by atoms with Gasteiger partial charge in [-0.05, 0) is 18.6 Å². The quantitative estimate of drug-likeness (QED) is 0.795. The van der Waals surface area contributed by atoms with Crippen LogP contribution in [0.25, 0.3) is 0 Å². The predicted octanol–water partition coefficient (Wildman–Crippen LogP) is 2.25. The monoisotopic (exact) mass is 199 g/mol. The third-order valence-electron chi connectivity index (χ3n) is 1.57. The summed E-state index contributed by atoms with van der Waals surface area (Å²) in [5, 5.41) is 2.81. The van der Waals surface area contributed by atoms with E-state index < -0.39 is 0 Å². The first-order valence-corrected chi connectivity index (χ1v) is 4.18. The molecule has 2 nitrogen and oxygen atoms in total. The first kappa shape index (κ1) is 12.0. The molecule has 0 unspecified atom stereocenters. The summed E-state index contributed by atoms with van der Waals surface area (Å²) in [6.45, 7) is 2.78. The van der Waals surface area contributed by atoms with Gasteiger partial charge >= 0.3 is 0 Å². The number of hydrogen-bond donors (Lipinski definition) is 1. The number of hydrogen-bond acceptors (Lipinski definition) is 1. The Morgan fingerprint density at radius 3 is 2.46 bits per heavy atom. The fraction of sp³-hybridized carbons (Fsp3) is 0.300. The Hall–Kier alpha value is -1.02. The average molecular weight is 200 g/mol. The molecule has 0 fully saturated rings. The standard InChI is InChI=1S/C10H13NO.ClH/c1-2-8-11-10(12)9-6-4-3-5-7-9;/h3-7H,2,8H2,1H3,(H,11,12);1H. The Bertz CT molecular complexity index is 248. The fourth-order valence-electron chi connectivity index (χ4n) is 0.930. The zero-order valence-electron chi connectivity index (χ0n) is 7.62. The van der Waals surface area contributed by atoms with Gasteiger partial charge in [0, 0.05) is 12.1 Å². The Labute approximate surface area is 84.8 Å². The highest BCUT2D eigenvalue weighted by Crippen LogP contribution is 1.97. The van der Waals surface area contributed by atoms with E-state index >= 15 is 0 Å². The van der Waals surface area contributed by atoms with Crippen LogP contribution in [0.1, 0.15) is 23.7 Å². The molecule has 3 heteroatoms. The van der Waals surface area contributed by atoms with Gasteiger partial charge in [-0.3, -0.25) is 4.79 Å². The van der Waals surface area contributed by atoms with Crippen LogP contribution in [-0.2, 0) is 0 Å². The van der Waals surface area contributed by atoms with Gasteiger partial charge in [0.2, 0.25) is 0 Å². The van der Waals surface area contributed by atoms with Crippen LogP contribution in [-0.4, -0.2) is 12.5 Å². The summed E-state index contributed by atoms with van der Waals surface area (Å²) in [7, 11) is 0. The summed E-state index contributed by atoms with van der Waals surface area (Å²) in [6, 6.07) is 9.24. The van der Waals surface area contributed by atoms with Crippen LogP contribution in [0.3, 0.4) is 0 Å². The minimum absolute atomic E-state index is 0. The molecule has 0 bridgehead atoms. The van der Waals surface area contributed by atoms with Gasteiger partial charge in [-0.15, -0.1) is 12.4 Å². The zero-order chi connectivity index (χ0) is 8.81. The van der Waals surface area contributed by atoms with Crippen molar-refractivity contribution < 1.29 is 4.79 Å². The minimum Gasteiger partial charge on any atom is -0.352 e. The van der Waals surface area contributed by atoms with Crippen LogP contribution < -0.4 is 5.32 Å². The number of rotatable bonds is 3. The second kappa shape index (κ2) is 6.49. The highest BCUT2D eigenvalue weighted by Gasteiger charge is 2.00. The summed E-state index contributed by atoms with van der Waals surface area (Å²) < 4.78 is 0. The predicted molar refractivity (Wildman–Crippen MR) is 56.3 cm³/mol. The maximum Gasteiger partial charge on any atom is 0.251 e. The molecule has 72 valence electrons. The minimum atomic E-state index is 0. The molecule has 0 saturated heterocycles. The normalized spacial score (nSPS) is 8.69. The molecule has 0 aromatic heterocycles. The van der Waals surface area contributed by atoms with Crippen LogP contribution in [0.4, 0.5) is 0 Å². The smallest absolute Gasteiger partial charge is 0.251 e. The largest absolute Gasteiger partial charge is 0.352 e. The Morgan fingerprint density at radius 2 is 1.92 bits per heavy atom. The molecule has 0 radical (unpaired) electrons. The average Bonchev–Trinajstić information content (AvgIpc) is 2.15. The van der Waals surface area contributed by atoms with Crippen molar-refractivity contribution in [1.29, 1.82) is 0 Å². The molecular weight excluding hydrogens is 186 g/mol. The van der Waals surface area contributed by atoms with Crippen LogP contribution in [0.2, 0.25) is 0 Å². The molecule has 0 aliphatic rings. The molecule has 0 aliphatic carbocycles. The van der Waals surface area contributed by atoms with Gasteiger partial charge in [0.1, 0.15) is 0 Å². The molecule has 0 atom stereocenters. The van der Waals surface area contributed by atoms with Crippen LogP contribution in [0, 0.1) is 0 Å². The van der Waals surface area contributed by atoms with Crippen molar-refractivity contribution >= 4 is 18.3 Å². The van der Waals surface area contributed by atoms with Crippen molar-refractivity contribution in [3.05, 3.63) is 35.9 Å². The summed E-state index contributed by atoms with van der Waals surface area (Å²) in [5.41, 5.74) is 0.728. The van der Waals surface area contributed by atoms with Gasteiger partial charge in [-0.25, -0.2) is 0 Å². The maximum absolute atomic E-state index is 11.3. The second-order valence-electron chi connectivity index (χ2n) is 2.62. The lowest BCUT2D eigenvalue weighted by Gasteiger charge is -2.01. The molecule has 0 aliphatic heterocycles. The van der Waals surface area contributed by atoms with Crippen LogP contribution in [0.5, 0.6) is 0 Å². The lowest BCUT2D eigenvalue weighted by Crippen LogP contribution is -2.23. The first-order valence-electron chi connectivity index (χ1n) is 4.18. The van der Waals surface area contributed by atoms with Crippen LogP contribution >= 0.6 is 12.4 Å². The van der Waals surface area contributed by atoms with Crippen molar-refractivity contribution in [3.63, 3.8) is 0 Å². The van der Waals surface area contributed by atoms with Gasteiger partial charge in [0.15, 0.2) is 0 Å². The van der Waals surface area contributed by atoms with E-state index in [-0.39, 0.29) is 18.3 Å². The zero-order valence-corrected chi connectivity index (χ0v) is 8.43. The lowest BCUT2D eigenvalue weighted by atomic mass is 10.2. The molecule has 1 N–H and O–H groups in total. The third-order valence-corrected chi connectivity index (χ3v) is 1.57. The van der Waals surface area contributed by atoms with Crippen molar-refractivity contribution in [2.45, 2.75) is 13.3 Å². The molecule has 0 spiro atoms. The summed E-state index contributed by atoms with van der Waals surface area (Å²) in [6.07, 6.45) is 0.971. The molecule has 1 aromatic carbocycles. The molecule has 1 amide bonds. The van der Waals surface area contributed by atoms with E-state index in [9.17, 15) is 4.79 Å². The Morgan fingerprint density at radius 1 is 1.31 bits per heavy atom. The summed E-state index contributed by atoms with van der Waals surface area (Å²) >= 11 is 0. The number of nitrogens with one attached hydrogen (secondary N) is 1. The molecule has 1 aromatic rings.